The molecule has 0 aromatic heterocycles. The highest BCUT2D eigenvalue weighted by molar-refractivity contribution is 14.1. The molecule has 0 unspecified atom stereocenters. The molecular weight excluding hydrogens is 520 g/mol. The monoisotopic (exact) mass is 533 g/mol. The molecule has 3 rings (SSSR count). The van der Waals surface area contributed by atoms with Crippen LogP contribution in [0.3, 0.4) is 0 Å². The van der Waals surface area contributed by atoms with Crippen LogP contribution < -0.4 is 4.74 Å². The van der Waals surface area contributed by atoms with Gasteiger partial charge in [0.05, 0.1) is 15.2 Å². The number of nitriles is 1. The Kier molecular flexibility index (Phi) is 6.64. The normalized spacial score (nSPS) is 11.1. The van der Waals surface area contributed by atoms with Crippen molar-refractivity contribution in [2.75, 3.05) is 0 Å². The topological polar surface area (TPSA) is 33.0 Å². The number of hydrogen-bond acceptors (Lipinski definition) is 2. The number of nitrogens with zero attached hydrogens (tertiary/aromatic N) is 1. The summed E-state index contributed by atoms with van der Waals surface area (Å²) in [5.74, 6) is 0.356. The summed E-state index contributed by atoms with van der Waals surface area (Å²) in [7, 11) is 0. The van der Waals surface area contributed by atoms with Crippen molar-refractivity contribution in [2.45, 2.75) is 6.61 Å². The molecule has 3 aromatic carbocycles. The van der Waals surface area contributed by atoms with E-state index in [1.165, 1.54) is 6.07 Å². The van der Waals surface area contributed by atoms with Gasteiger partial charge in [-0.15, -0.1) is 0 Å². The summed E-state index contributed by atoms with van der Waals surface area (Å²) < 4.78 is 21.8. The van der Waals surface area contributed by atoms with E-state index in [-0.39, 0.29) is 5.57 Å². The maximum atomic E-state index is 13.9. The van der Waals surface area contributed by atoms with Crippen molar-refractivity contribution in [3.05, 3.63) is 97.3 Å². The molecule has 3 aromatic rings. The van der Waals surface area contributed by atoms with Crippen LogP contribution in [0.2, 0.25) is 0 Å². The van der Waals surface area contributed by atoms with Crippen molar-refractivity contribution in [3.8, 4) is 11.8 Å². The number of halogens is 3. The zero-order chi connectivity index (χ0) is 19.2. The Labute approximate surface area is 179 Å². The zero-order valence-electron chi connectivity index (χ0n) is 14.1. The van der Waals surface area contributed by atoms with Crippen LogP contribution >= 0.6 is 38.5 Å². The van der Waals surface area contributed by atoms with E-state index in [9.17, 15) is 9.65 Å². The molecule has 0 aliphatic rings. The largest absolute Gasteiger partial charge is 0.488 e. The van der Waals surface area contributed by atoms with Gasteiger partial charge in [-0.2, -0.15) is 5.26 Å². The first-order valence-electron chi connectivity index (χ1n) is 8.10. The summed E-state index contributed by atoms with van der Waals surface area (Å²) in [4.78, 5) is 0. The van der Waals surface area contributed by atoms with Crippen LogP contribution in [0, 0.1) is 20.7 Å². The number of hydrogen-bond donors (Lipinski definition) is 0. The summed E-state index contributed by atoms with van der Waals surface area (Å²) in [6.45, 7) is 0.469. The maximum Gasteiger partial charge on any atom is 0.133 e. The average Bonchev–Trinajstić information content (AvgIpc) is 2.67. The molecule has 0 saturated carbocycles. The van der Waals surface area contributed by atoms with Crippen molar-refractivity contribution in [1.29, 1.82) is 5.26 Å². The highest BCUT2D eigenvalue weighted by Gasteiger charge is 2.08. The van der Waals surface area contributed by atoms with Gasteiger partial charge in [-0.3, -0.25) is 0 Å². The Balaban J connectivity index is 1.78. The zero-order valence-corrected chi connectivity index (χ0v) is 17.9. The fourth-order valence-corrected chi connectivity index (χ4v) is 3.44. The van der Waals surface area contributed by atoms with E-state index in [2.05, 4.69) is 44.6 Å². The molecule has 0 fully saturated rings. The molecule has 0 heterocycles. The first kappa shape index (κ1) is 19.6. The Morgan fingerprint density at radius 2 is 1.85 bits per heavy atom. The lowest BCUT2D eigenvalue weighted by atomic mass is 10.0. The molecule has 0 saturated heterocycles. The van der Waals surface area contributed by atoms with Gasteiger partial charge >= 0.3 is 0 Å². The van der Waals surface area contributed by atoms with E-state index in [1.807, 2.05) is 42.5 Å². The predicted molar refractivity (Wildman–Crippen MR) is 118 cm³/mol. The van der Waals surface area contributed by atoms with Crippen LogP contribution in [0.5, 0.6) is 5.75 Å². The highest BCUT2D eigenvalue weighted by atomic mass is 127. The van der Waals surface area contributed by atoms with Crippen LogP contribution in [0.15, 0.2) is 71.2 Å². The summed E-state index contributed by atoms with van der Waals surface area (Å²) >= 11 is 5.61. The van der Waals surface area contributed by atoms with Gasteiger partial charge in [-0.05, 0) is 70.1 Å². The molecule has 0 aliphatic carbocycles. The summed E-state index contributed by atoms with van der Waals surface area (Å²) in [6, 6.07) is 21.9. The first-order valence-corrected chi connectivity index (χ1v) is 9.97. The van der Waals surface area contributed by atoms with Gasteiger partial charge in [0.15, 0.2) is 0 Å². The number of allylic oxidation sites excluding steroid dienone is 1. The standard InChI is InChI=1S/C22H14BrFINO/c23-18-8-5-15(6-9-18)14-27-22-10-7-16(12-21(22)25)11-17(13-26)19-3-1-2-4-20(19)24/h1-12H,14H2/b17-11-. The molecule has 134 valence electrons. The molecule has 0 bridgehead atoms. The second-order valence-electron chi connectivity index (χ2n) is 5.75. The maximum absolute atomic E-state index is 13.9. The Hall–Kier alpha value is -2.17. The third-order valence-corrected chi connectivity index (χ3v) is 5.23. The number of rotatable bonds is 5. The lowest BCUT2D eigenvalue weighted by Gasteiger charge is -2.09. The Morgan fingerprint density at radius 1 is 1.11 bits per heavy atom. The molecule has 2 nitrogen and oxygen atoms in total. The Bertz CT molecular complexity index is 1030. The van der Waals surface area contributed by atoms with E-state index in [0.717, 1.165) is 24.9 Å². The molecule has 0 atom stereocenters. The summed E-state index contributed by atoms with van der Waals surface area (Å²) in [5.41, 5.74) is 2.47. The second-order valence-corrected chi connectivity index (χ2v) is 7.83. The quantitative estimate of drug-likeness (QED) is 0.204. The fourth-order valence-electron chi connectivity index (χ4n) is 2.48. The van der Waals surface area contributed by atoms with E-state index in [0.29, 0.717) is 12.2 Å². The van der Waals surface area contributed by atoms with Gasteiger partial charge in [-0.25, -0.2) is 4.39 Å². The molecule has 0 spiro atoms. The lowest BCUT2D eigenvalue weighted by molar-refractivity contribution is 0.304. The van der Waals surface area contributed by atoms with Crippen LogP contribution in [0.25, 0.3) is 11.6 Å². The van der Waals surface area contributed by atoms with E-state index in [4.69, 9.17) is 4.74 Å². The number of benzene rings is 3. The van der Waals surface area contributed by atoms with Crippen molar-refractivity contribution >= 4 is 50.2 Å². The lowest BCUT2D eigenvalue weighted by Crippen LogP contribution is -1.97. The van der Waals surface area contributed by atoms with E-state index in [1.54, 1.807) is 24.3 Å². The van der Waals surface area contributed by atoms with Gasteiger partial charge in [-0.1, -0.05) is 52.3 Å². The average molecular weight is 534 g/mol. The van der Waals surface area contributed by atoms with Gasteiger partial charge in [0, 0.05) is 10.0 Å². The van der Waals surface area contributed by atoms with Crippen molar-refractivity contribution in [1.82, 2.24) is 0 Å². The van der Waals surface area contributed by atoms with Gasteiger partial charge in [0.1, 0.15) is 18.2 Å². The molecule has 0 radical (unpaired) electrons. The van der Waals surface area contributed by atoms with Crippen LogP contribution in [0.4, 0.5) is 4.39 Å². The third kappa shape index (κ3) is 5.18. The van der Waals surface area contributed by atoms with Crippen molar-refractivity contribution < 1.29 is 9.13 Å². The summed E-state index contributed by atoms with van der Waals surface area (Å²) in [6.07, 6.45) is 1.68. The highest BCUT2D eigenvalue weighted by Crippen LogP contribution is 2.26. The molecule has 0 N–H and O–H groups in total. The van der Waals surface area contributed by atoms with Crippen LogP contribution in [-0.2, 0) is 6.61 Å². The minimum atomic E-state index is -0.408. The minimum Gasteiger partial charge on any atom is -0.488 e. The Morgan fingerprint density at radius 3 is 2.52 bits per heavy atom. The van der Waals surface area contributed by atoms with Gasteiger partial charge < -0.3 is 4.74 Å². The molecule has 5 heteroatoms. The van der Waals surface area contributed by atoms with Crippen molar-refractivity contribution in [3.63, 3.8) is 0 Å². The number of ether oxygens (including phenoxy) is 1. The SMILES string of the molecule is N#C/C(=C/c1ccc(OCc2ccc(Br)cc2)c(I)c1)c1ccccc1F. The fraction of sp³-hybridized carbons (Fsp3) is 0.0455. The molecule has 27 heavy (non-hydrogen) atoms. The summed E-state index contributed by atoms with van der Waals surface area (Å²) in [5, 5.41) is 9.40. The van der Waals surface area contributed by atoms with Crippen LogP contribution in [0.1, 0.15) is 16.7 Å². The predicted octanol–water partition coefficient (Wildman–Crippen LogP) is 6.84. The van der Waals surface area contributed by atoms with Gasteiger partial charge in [0.25, 0.3) is 0 Å². The van der Waals surface area contributed by atoms with E-state index < -0.39 is 5.82 Å². The van der Waals surface area contributed by atoms with E-state index >= 15 is 0 Å². The second kappa shape index (κ2) is 9.16. The molecule has 0 aliphatic heterocycles. The van der Waals surface area contributed by atoms with Gasteiger partial charge in [0.2, 0.25) is 0 Å². The third-order valence-electron chi connectivity index (χ3n) is 3.86. The van der Waals surface area contributed by atoms with Crippen LogP contribution in [-0.4, -0.2) is 0 Å². The first-order chi connectivity index (χ1) is 13.1. The van der Waals surface area contributed by atoms with Crippen molar-refractivity contribution in [2.24, 2.45) is 0 Å². The molecular formula is C22H14BrFINO. The molecule has 0 amide bonds. The minimum absolute atomic E-state index is 0.285. The smallest absolute Gasteiger partial charge is 0.133 e.